The second-order valence-corrected chi connectivity index (χ2v) is 12.7. The minimum absolute atomic E-state index is 0.0998. The summed E-state index contributed by atoms with van der Waals surface area (Å²) in [6.45, 7) is 1.06. The van der Waals surface area contributed by atoms with Crippen molar-refractivity contribution in [1.29, 1.82) is 0 Å². The number of hydrogen-bond donors (Lipinski definition) is 1. The molecular weight excluding hydrogens is 550 g/mol. The zero-order valence-electron chi connectivity index (χ0n) is 23.2. The van der Waals surface area contributed by atoms with Crippen molar-refractivity contribution in [2.45, 2.75) is 30.3 Å². The number of piperidine rings is 1. The van der Waals surface area contributed by atoms with Crippen LogP contribution in [0.3, 0.4) is 0 Å². The highest BCUT2D eigenvalue weighted by molar-refractivity contribution is 7.89. The van der Waals surface area contributed by atoms with Crippen LogP contribution in [0.2, 0.25) is 0 Å². The number of rotatable bonds is 7. The molecule has 4 aromatic rings. The molecule has 2 aliphatic rings. The number of carbonyl (C=O) groups is 2. The van der Waals surface area contributed by atoms with Gasteiger partial charge in [-0.3, -0.25) is 9.59 Å². The van der Waals surface area contributed by atoms with Crippen molar-refractivity contribution in [3.63, 3.8) is 0 Å². The molecule has 0 saturated carbocycles. The van der Waals surface area contributed by atoms with Crippen molar-refractivity contribution in [2.75, 3.05) is 31.1 Å². The number of nitrogens with one attached hydrogen (secondary N) is 1. The van der Waals surface area contributed by atoms with Gasteiger partial charge in [0.15, 0.2) is 6.10 Å². The third-order valence-electron chi connectivity index (χ3n) is 8.05. The van der Waals surface area contributed by atoms with Gasteiger partial charge in [-0.1, -0.05) is 72.8 Å². The average Bonchev–Trinajstić information content (AvgIpc) is 3.04. The Morgan fingerprint density at radius 3 is 2.31 bits per heavy atom. The molecule has 2 aliphatic heterocycles. The number of benzene rings is 4. The molecule has 1 atom stereocenters. The van der Waals surface area contributed by atoms with Crippen LogP contribution in [-0.4, -0.2) is 56.8 Å². The summed E-state index contributed by atoms with van der Waals surface area (Å²) in [6, 6.07) is 30.0. The highest BCUT2D eigenvalue weighted by Gasteiger charge is 2.39. The molecule has 1 fully saturated rings. The quantitative estimate of drug-likeness (QED) is 0.348. The van der Waals surface area contributed by atoms with Crippen molar-refractivity contribution in [1.82, 2.24) is 9.62 Å². The number of hydrogen-bond acceptors (Lipinski definition) is 5. The monoisotopic (exact) mass is 583 g/mol. The number of ether oxygens (including phenoxy) is 1. The molecule has 4 aromatic carbocycles. The van der Waals surface area contributed by atoms with Gasteiger partial charge in [0.2, 0.25) is 15.9 Å². The molecule has 216 valence electrons. The molecule has 8 nitrogen and oxygen atoms in total. The van der Waals surface area contributed by atoms with E-state index in [0.717, 1.165) is 16.3 Å². The average molecular weight is 584 g/mol. The molecule has 0 spiro atoms. The lowest BCUT2D eigenvalue weighted by atomic mass is 9.95. The van der Waals surface area contributed by atoms with Gasteiger partial charge in [-0.25, -0.2) is 8.42 Å². The van der Waals surface area contributed by atoms with Gasteiger partial charge in [-0.2, -0.15) is 4.31 Å². The third-order valence-corrected chi connectivity index (χ3v) is 9.94. The first-order valence-electron chi connectivity index (χ1n) is 14.3. The molecule has 9 heteroatoms. The van der Waals surface area contributed by atoms with Gasteiger partial charge < -0.3 is 15.0 Å². The topological polar surface area (TPSA) is 96.0 Å². The number of para-hydroxylation sites is 2. The summed E-state index contributed by atoms with van der Waals surface area (Å²) in [5, 5.41) is 4.79. The van der Waals surface area contributed by atoms with Gasteiger partial charge in [0.05, 0.1) is 17.1 Å². The Labute approximate surface area is 245 Å². The minimum atomic E-state index is -3.69. The predicted octanol–water partition coefficient (Wildman–Crippen LogP) is 4.39. The van der Waals surface area contributed by atoms with E-state index >= 15 is 0 Å². The van der Waals surface area contributed by atoms with E-state index < -0.39 is 16.1 Å². The summed E-state index contributed by atoms with van der Waals surface area (Å²) >= 11 is 0. The van der Waals surface area contributed by atoms with E-state index in [-0.39, 0.29) is 42.3 Å². The van der Waals surface area contributed by atoms with Crippen LogP contribution in [0, 0.1) is 5.92 Å². The summed E-state index contributed by atoms with van der Waals surface area (Å²) in [4.78, 5) is 28.8. The van der Waals surface area contributed by atoms with Gasteiger partial charge in [0, 0.05) is 25.6 Å². The van der Waals surface area contributed by atoms with Gasteiger partial charge in [0.25, 0.3) is 5.91 Å². The van der Waals surface area contributed by atoms with E-state index in [1.807, 2.05) is 78.9 Å². The molecule has 0 bridgehead atoms. The molecule has 0 aromatic heterocycles. The fourth-order valence-corrected chi connectivity index (χ4v) is 7.21. The molecule has 2 amide bonds. The predicted molar refractivity (Wildman–Crippen MR) is 162 cm³/mol. The van der Waals surface area contributed by atoms with Crippen LogP contribution >= 0.6 is 0 Å². The van der Waals surface area contributed by atoms with Crippen molar-refractivity contribution < 1.29 is 22.7 Å². The van der Waals surface area contributed by atoms with Gasteiger partial charge in [-0.05, 0) is 59.9 Å². The zero-order chi connectivity index (χ0) is 29.1. The fourth-order valence-electron chi connectivity index (χ4n) is 5.71. The van der Waals surface area contributed by atoms with Crippen LogP contribution in [0.15, 0.2) is 102 Å². The summed E-state index contributed by atoms with van der Waals surface area (Å²) in [5.74, 6) is -0.261. The maximum absolute atomic E-state index is 13.8. The first-order valence-corrected chi connectivity index (χ1v) is 15.7. The summed E-state index contributed by atoms with van der Waals surface area (Å²) in [6.07, 6.45) is 0.658. The molecule has 2 heterocycles. The van der Waals surface area contributed by atoms with E-state index in [2.05, 4.69) is 5.32 Å². The normalized spacial score (nSPS) is 17.8. The largest absolute Gasteiger partial charge is 0.477 e. The first kappa shape index (κ1) is 27.9. The lowest BCUT2D eigenvalue weighted by Crippen LogP contribution is -2.53. The summed E-state index contributed by atoms with van der Waals surface area (Å²) < 4.78 is 34.4. The van der Waals surface area contributed by atoms with Crippen molar-refractivity contribution in [3.05, 3.63) is 103 Å². The van der Waals surface area contributed by atoms with Crippen LogP contribution in [0.4, 0.5) is 5.69 Å². The zero-order valence-corrected chi connectivity index (χ0v) is 24.0. The minimum Gasteiger partial charge on any atom is -0.477 e. The molecule has 0 unspecified atom stereocenters. The van der Waals surface area contributed by atoms with E-state index in [4.69, 9.17) is 4.74 Å². The summed E-state index contributed by atoms with van der Waals surface area (Å²) in [5.41, 5.74) is 1.75. The standard InChI is InChI=1S/C33H33N3O5S/c37-32(34-19-16-24-8-2-1-3-9-24)31-23-36(29-12-6-7-13-30(29)41-31)33(38)26-17-20-35(21-18-26)42(39,40)28-15-14-25-10-4-5-11-27(25)22-28/h1-15,22,26,31H,16-21,23H2,(H,34,37)/t31-/m1/s1. The Balaban J connectivity index is 1.11. The number of carbonyl (C=O) groups excluding carboxylic acids is 2. The third kappa shape index (κ3) is 5.75. The first-order chi connectivity index (χ1) is 20.4. The Hall–Kier alpha value is -4.21. The lowest BCUT2D eigenvalue weighted by molar-refractivity contribution is -0.129. The number of nitrogens with zero attached hydrogens (tertiary/aromatic N) is 2. The second-order valence-electron chi connectivity index (χ2n) is 10.7. The van der Waals surface area contributed by atoms with Crippen molar-refractivity contribution >= 4 is 38.3 Å². The molecule has 42 heavy (non-hydrogen) atoms. The fraction of sp³-hybridized carbons (Fsp3) is 0.273. The van der Waals surface area contributed by atoms with Crippen LogP contribution < -0.4 is 15.0 Å². The molecular formula is C33H33N3O5S. The maximum Gasteiger partial charge on any atom is 0.262 e. The smallest absolute Gasteiger partial charge is 0.262 e. The highest BCUT2D eigenvalue weighted by Crippen LogP contribution is 2.36. The van der Waals surface area contributed by atoms with E-state index in [1.165, 1.54) is 4.31 Å². The van der Waals surface area contributed by atoms with E-state index in [9.17, 15) is 18.0 Å². The number of anilines is 1. The Kier molecular flexibility index (Phi) is 7.95. The Morgan fingerprint density at radius 2 is 1.52 bits per heavy atom. The van der Waals surface area contributed by atoms with Crippen LogP contribution in [0.5, 0.6) is 5.75 Å². The van der Waals surface area contributed by atoms with E-state index in [1.54, 1.807) is 23.1 Å². The van der Waals surface area contributed by atoms with Gasteiger partial charge in [0.1, 0.15) is 5.75 Å². The van der Waals surface area contributed by atoms with Crippen molar-refractivity contribution in [2.24, 2.45) is 5.92 Å². The summed E-state index contributed by atoms with van der Waals surface area (Å²) in [7, 11) is -3.69. The second kappa shape index (κ2) is 12.0. The Morgan fingerprint density at radius 1 is 0.833 bits per heavy atom. The van der Waals surface area contributed by atoms with Crippen LogP contribution in [0.25, 0.3) is 10.8 Å². The van der Waals surface area contributed by atoms with Crippen LogP contribution in [0.1, 0.15) is 18.4 Å². The van der Waals surface area contributed by atoms with Crippen LogP contribution in [-0.2, 0) is 26.0 Å². The number of sulfonamides is 1. The van der Waals surface area contributed by atoms with Crippen molar-refractivity contribution in [3.8, 4) is 5.75 Å². The van der Waals surface area contributed by atoms with E-state index in [0.29, 0.717) is 37.2 Å². The maximum atomic E-state index is 13.8. The molecule has 0 aliphatic carbocycles. The molecule has 6 rings (SSSR count). The van der Waals surface area contributed by atoms with Gasteiger partial charge >= 0.3 is 0 Å². The number of amides is 2. The Bertz CT molecular complexity index is 1700. The molecule has 1 N–H and O–H groups in total. The number of fused-ring (bicyclic) bond motifs is 2. The van der Waals surface area contributed by atoms with Gasteiger partial charge in [-0.15, -0.1) is 0 Å². The lowest BCUT2D eigenvalue weighted by Gasteiger charge is -2.38. The highest BCUT2D eigenvalue weighted by atomic mass is 32.2. The molecule has 0 radical (unpaired) electrons. The molecule has 1 saturated heterocycles. The SMILES string of the molecule is O=C(NCCc1ccccc1)[C@H]1CN(C(=O)C2CCN(S(=O)(=O)c3ccc4ccccc4c3)CC2)c2ccccc2O1.